The van der Waals surface area contributed by atoms with E-state index in [0.29, 0.717) is 33.2 Å². The van der Waals surface area contributed by atoms with Gasteiger partial charge in [0.25, 0.3) is 0 Å². The predicted molar refractivity (Wildman–Crippen MR) is 178 cm³/mol. The van der Waals surface area contributed by atoms with Crippen molar-refractivity contribution in [2.24, 2.45) is 0 Å². The molecule has 0 fully saturated rings. The Labute approximate surface area is 238 Å². The highest BCUT2D eigenvalue weighted by Crippen LogP contribution is 2.42. The van der Waals surface area contributed by atoms with Crippen molar-refractivity contribution in [1.82, 2.24) is 0 Å². The molecule has 0 aromatic heterocycles. The highest BCUT2D eigenvalue weighted by atomic mass is 28.3. The molecule has 0 atom stereocenters. The molecule has 2 rings (SSSR count). The van der Waals surface area contributed by atoms with Crippen molar-refractivity contribution < 1.29 is 0 Å². The summed E-state index contributed by atoms with van der Waals surface area (Å²) < 4.78 is 0. The van der Waals surface area contributed by atoms with E-state index in [2.05, 4.69) is 157 Å². The van der Waals surface area contributed by atoms with Crippen molar-refractivity contribution >= 4 is 26.9 Å². The van der Waals surface area contributed by atoms with Gasteiger partial charge in [-0.1, -0.05) is 128 Å². The third kappa shape index (κ3) is 6.19. The Morgan fingerprint density at radius 3 is 1.37 bits per heavy atom. The van der Waals surface area contributed by atoms with E-state index in [1.807, 2.05) is 0 Å². The molecule has 2 aromatic carbocycles. The molecule has 0 unspecified atom stereocenters. The van der Waals surface area contributed by atoms with Gasteiger partial charge in [0, 0.05) is 11.1 Å². The Bertz CT molecular complexity index is 1180. The molecule has 2 heteroatoms. The van der Waals surface area contributed by atoms with E-state index in [4.69, 9.17) is 0 Å². The highest BCUT2D eigenvalue weighted by Gasteiger charge is 2.42. The molecule has 0 radical (unpaired) electrons. The van der Waals surface area contributed by atoms with Crippen LogP contribution in [0.2, 0.25) is 33.2 Å². The zero-order valence-electron chi connectivity index (χ0n) is 27.4. The molecule has 0 saturated carbocycles. The van der Waals surface area contributed by atoms with Gasteiger partial charge in [0.2, 0.25) is 0 Å². The fourth-order valence-corrected chi connectivity index (χ4v) is 18.0. The van der Waals surface area contributed by atoms with Gasteiger partial charge in [0.05, 0.1) is 0 Å². The first-order chi connectivity index (χ1) is 17.4. The fraction of sp³-hybridized carbons (Fsp3) is 0.611. The van der Waals surface area contributed by atoms with E-state index in [1.165, 1.54) is 21.9 Å². The third-order valence-electron chi connectivity index (χ3n) is 9.34. The third-order valence-corrected chi connectivity index (χ3v) is 21.9. The number of rotatable bonds is 6. The first kappa shape index (κ1) is 32.5. The molecule has 0 amide bonds. The molecule has 0 aliphatic carbocycles. The Hall–Kier alpha value is -1.75. The second-order valence-electron chi connectivity index (χ2n) is 14.5. The number of hydrogen-bond acceptors (Lipinski definition) is 0. The van der Waals surface area contributed by atoms with Gasteiger partial charge >= 0.3 is 0 Å². The Morgan fingerprint density at radius 2 is 0.974 bits per heavy atom. The van der Waals surface area contributed by atoms with Crippen molar-refractivity contribution in [2.75, 3.05) is 0 Å². The molecule has 208 valence electrons. The molecule has 0 bridgehead atoms. The van der Waals surface area contributed by atoms with Crippen LogP contribution in [0, 0.1) is 22.9 Å². The van der Waals surface area contributed by atoms with E-state index in [9.17, 15) is 0 Å². The minimum Gasteiger partial charge on any atom is -0.125 e. The van der Waals surface area contributed by atoms with Crippen molar-refractivity contribution in [2.45, 2.75) is 143 Å². The summed E-state index contributed by atoms with van der Waals surface area (Å²) in [5.41, 5.74) is 15.4. The van der Waals surface area contributed by atoms with Crippen molar-refractivity contribution in [3.63, 3.8) is 0 Å². The molecule has 0 saturated heterocycles. The lowest BCUT2D eigenvalue weighted by atomic mass is 9.80. The van der Waals surface area contributed by atoms with Crippen LogP contribution in [0.3, 0.4) is 0 Å². The Kier molecular flexibility index (Phi) is 10.4. The van der Waals surface area contributed by atoms with E-state index in [-0.39, 0.29) is 5.41 Å². The van der Waals surface area contributed by atoms with Crippen LogP contribution >= 0.6 is 0 Å². The number of hydrogen-bond donors (Lipinski definition) is 0. The van der Waals surface area contributed by atoms with Gasteiger partial charge in [-0.25, -0.2) is 0 Å². The maximum absolute atomic E-state index is 3.98. The molecule has 0 nitrogen and oxygen atoms in total. The van der Waals surface area contributed by atoms with Crippen molar-refractivity contribution in [1.29, 1.82) is 0 Å². The van der Waals surface area contributed by atoms with E-state index in [1.54, 1.807) is 0 Å². The molecule has 0 heterocycles. The monoisotopic (exact) mass is 544 g/mol. The average molecular weight is 545 g/mol. The minimum atomic E-state index is -1.80. The first-order valence-electron chi connectivity index (χ1n) is 15.1. The summed E-state index contributed by atoms with van der Waals surface area (Å²) in [7, 11) is -3.56. The summed E-state index contributed by atoms with van der Waals surface area (Å²) in [6.45, 7) is 35.6. The average Bonchev–Trinajstić information content (AvgIpc) is 2.77. The lowest BCUT2D eigenvalue weighted by Crippen LogP contribution is -2.43. The SMILES string of the molecule is CC(C)[Si](C#Cc1ccc2c(C(C)(C)C)c(C#C[Si](C(C)C)(C(C)C)C(C)C)ccc2c1)(C(C)C)C(C)C. The van der Waals surface area contributed by atoms with Crippen LogP contribution in [0.15, 0.2) is 30.3 Å². The van der Waals surface area contributed by atoms with Gasteiger partial charge in [0.15, 0.2) is 0 Å². The highest BCUT2D eigenvalue weighted by molar-refractivity contribution is 6.91. The van der Waals surface area contributed by atoms with Crippen LogP contribution in [-0.2, 0) is 5.41 Å². The van der Waals surface area contributed by atoms with Crippen LogP contribution in [-0.4, -0.2) is 16.1 Å². The van der Waals surface area contributed by atoms with Gasteiger partial charge < -0.3 is 0 Å². The van der Waals surface area contributed by atoms with E-state index in [0.717, 1.165) is 5.56 Å². The zero-order chi connectivity index (χ0) is 29.2. The van der Waals surface area contributed by atoms with Crippen LogP contribution in [0.1, 0.15) is 121 Å². The standard InChI is InChI=1S/C36H56Si2/c1-25(2)37(26(3)4,27(5)6)22-20-31-16-19-34-33(24-31)18-17-32(35(34)36(13,14)15)21-23-38(28(7)8,29(9)10)30(11)12/h16-19,24-30H,1-15H3. The largest absolute Gasteiger partial charge is 0.146 e. The summed E-state index contributed by atoms with van der Waals surface area (Å²) in [6.07, 6.45) is 0. The maximum Gasteiger partial charge on any atom is 0.146 e. The molecule has 0 spiro atoms. The van der Waals surface area contributed by atoms with E-state index < -0.39 is 16.1 Å². The van der Waals surface area contributed by atoms with Crippen molar-refractivity contribution in [3.8, 4) is 22.9 Å². The summed E-state index contributed by atoms with van der Waals surface area (Å²) in [5, 5.41) is 2.60. The van der Waals surface area contributed by atoms with Crippen LogP contribution in [0.25, 0.3) is 10.8 Å². The molecule has 0 aliphatic heterocycles. The molecular formula is C36H56Si2. The molecule has 0 aliphatic rings. The van der Waals surface area contributed by atoms with Gasteiger partial charge in [-0.3, -0.25) is 0 Å². The van der Waals surface area contributed by atoms with Gasteiger partial charge in [-0.05, 0) is 73.2 Å². The Morgan fingerprint density at radius 1 is 0.553 bits per heavy atom. The second-order valence-corrected chi connectivity index (χ2v) is 25.6. The smallest absolute Gasteiger partial charge is 0.125 e. The predicted octanol–water partition coefficient (Wildman–Crippen LogP) is 11.3. The normalized spacial score (nSPS) is 13.1. The summed E-state index contributed by atoms with van der Waals surface area (Å²) in [6, 6.07) is 11.4. The molecular weight excluding hydrogens is 489 g/mol. The quantitative estimate of drug-likeness (QED) is 0.250. The topological polar surface area (TPSA) is 0 Å². The van der Waals surface area contributed by atoms with E-state index >= 15 is 0 Å². The van der Waals surface area contributed by atoms with Gasteiger partial charge in [-0.15, -0.1) is 11.1 Å². The van der Waals surface area contributed by atoms with Crippen LogP contribution in [0.5, 0.6) is 0 Å². The lowest BCUT2D eigenvalue weighted by Gasteiger charge is -2.38. The maximum atomic E-state index is 3.98. The van der Waals surface area contributed by atoms with Crippen LogP contribution < -0.4 is 0 Å². The van der Waals surface area contributed by atoms with Crippen LogP contribution in [0.4, 0.5) is 0 Å². The number of fused-ring (bicyclic) bond motifs is 1. The van der Waals surface area contributed by atoms with Gasteiger partial charge in [0.1, 0.15) is 16.1 Å². The summed E-state index contributed by atoms with van der Waals surface area (Å²) in [4.78, 5) is 0. The zero-order valence-corrected chi connectivity index (χ0v) is 29.4. The molecule has 38 heavy (non-hydrogen) atoms. The number of benzene rings is 2. The fourth-order valence-electron chi connectivity index (χ4n) is 7.54. The first-order valence-corrected chi connectivity index (χ1v) is 19.5. The minimum absolute atomic E-state index is 0.00339. The Balaban J connectivity index is 2.76. The second kappa shape index (κ2) is 12.2. The summed E-state index contributed by atoms with van der Waals surface area (Å²) >= 11 is 0. The summed E-state index contributed by atoms with van der Waals surface area (Å²) in [5.74, 6) is 7.45. The lowest BCUT2D eigenvalue weighted by molar-refractivity contribution is 0.594. The molecule has 0 N–H and O–H groups in total. The molecule has 2 aromatic rings. The van der Waals surface area contributed by atoms with Crippen molar-refractivity contribution in [3.05, 3.63) is 47.0 Å². The van der Waals surface area contributed by atoms with Gasteiger partial charge in [-0.2, -0.15) is 0 Å².